The van der Waals surface area contributed by atoms with Crippen LogP contribution in [0.3, 0.4) is 0 Å². The van der Waals surface area contributed by atoms with E-state index in [4.69, 9.17) is 4.74 Å². The van der Waals surface area contributed by atoms with Crippen molar-refractivity contribution >= 4 is 11.7 Å². The Labute approximate surface area is 151 Å². The molecule has 0 unspecified atom stereocenters. The van der Waals surface area contributed by atoms with Crippen molar-refractivity contribution in [2.24, 2.45) is 0 Å². The largest absolute Gasteiger partial charge is 0.378 e. The highest BCUT2D eigenvalue weighted by molar-refractivity contribution is 5.98. The second-order valence-corrected chi connectivity index (χ2v) is 6.21. The standard InChI is InChI=1S/C20H32N2O3/c1-5-22(6-2)12-14-25-13-11-21-20(24)10-9-19(23)18-8-7-16(3)17(4)15-18/h7-8,15H,5-6,9-14H2,1-4H3,(H,21,24). The van der Waals surface area contributed by atoms with E-state index in [-0.39, 0.29) is 24.5 Å². The van der Waals surface area contributed by atoms with Crippen LogP contribution in [0.25, 0.3) is 0 Å². The molecule has 0 aromatic heterocycles. The number of aryl methyl sites for hydroxylation is 2. The van der Waals surface area contributed by atoms with Crippen molar-refractivity contribution in [3.63, 3.8) is 0 Å². The molecule has 1 amide bonds. The lowest BCUT2D eigenvalue weighted by Gasteiger charge is -2.17. The van der Waals surface area contributed by atoms with Gasteiger partial charge in [-0.15, -0.1) is 0 Å². The number of ketones is 1. The quantitative estimate of drug-likeness (QED) is 0.466. The van der Waals surface area contributed by atoms with Gasteiger partial charge in [0.1, 0.15) is 0 Å². The highest BCUT2D eigenvalue weighted by Gasteiger charge is 2.10. The molecule has 0 fully saturated rings. The minimum atomic E-state index is -0.107. The fourth-order valence-corrected chi connectivity index (χ4v) is 2.47. The molecule has 0 atom stereocenters. The number of rotatable bonds is 12. The number of hydrogen-bond acceptors (Lipinski definition) is 4. The number of ether oxygens (including phenoxy) is 1. The van der Waals surface area contributed by atoms with Crippen LogP contribution in [0.15, 0.2) is 18.2 Å². The topological polar surface area (TPSA) is 58.6 Å². The van der Waals surface area contributed by atoms with Crippen LogP contribution in [0, 0.1) is 13.8 Å². The van der Waals surface area contributed by atoms with Crippen LogP contribution in [0.5, 0.6) is 0 Å². The maximum absolute atomic E-state index is 12.1. The Bertz CT molecular complexity index is 554. The Morgan fingerprint density at radius 1 is 1.04 bits per heavy atom. The van der Waals surface area contributed by atoms with Gasteiger partial charge in [-0.05, 0) is 44.1 Å². The number of likely N-dealkylation sites (N-methyl/N-ethyl adjacent to an activating group) is 1. The molecule has 0 saturated heterocycles. The zero-order valence-corrected chi connectivity index (χ0v) is 16.1. The number of nitrogens with zero attached hydrogens (tertiary/aromatic N) is 1. The third-order valence-corrected chi connectivity index (χ3v) is 4.42. The monoisotopic (exact) mass is 348 g/mol. The van der Waals surface area contributed by atoms with Gasteiger partial charge in [0.05, 0.1) is 13.2 Å². The van der Waals surface area contributed by atoms with Gasteiger partial charge in [0, 0.05) is 31.5 Å². The van der Waals surface area contributed by atoms with Gasteiger partial charge in [0.25, 0.3) is 0 Å². The van der Waals surface area contributed by atoms with Gasteiger partial charge in [0.2, 0.25) is 5.91 Å². The summed E-state index contributed by atoms with van der Waals surface area (Å²) in [6.45, 7) is 12.9. The number of carbonyl (C=O) groups excluding carboxylic acids is 2. The molecule has 0 radical (unpaired) electrons. The van der Waals surface area contributed by atoms with E-state index in [0.29, 0.717) is 25.3 Å². The summed E-state index contributed by atoms with van der Waals surface area (Å²) < 4.78 is 5.51. The Kier molecular flexibility index (Phi) is 10.0. The molecule has 0 aliphatic carbocycles. The predicted octanol–water partition coefficient (Wildman–Crippen LogP) is 2.74. The first-order chi connectivity index (χ1) is 12.0. The number of carbonyl (C=O) groups is 2. The fourth-order valence-electron chi connectivity index (χ4n) is 2.47. The van der Waals surface area contributed by atoms with Crippen LogP contribution in [0.1, 0.15) is 48.2 Å². The van der Waals surface area contributed by atoms with Gasteiger partial charge in [-0.25, -0.2) is 0 Å². The lowest BCUT2D eigenvalue weighted by molar-refractivity contribution is -0.121. The number of amides is 1. The second kappa shape index (κ2) is 11.8. The molecule has 1 aromatic carbocycles. The molecule has 1 aromatic rings. The molecule has 5 heteroatoms. The molecule has 1 rings (SSSR count). The lowest BCUT2D eigenvalue weighted by atomic mass is 10.0. The summed E-state index contributed by atoms with van der Waals surface area (Å²) >= 11 is 0. The van der Waals surface area contributed by atoms with E-state index in [0.717, 1.165) is 30.8 Å². The van der Waals surface area contributed by atoms with Gasteiger partial charge >= 0.3 is 0 Å². The Morgan fingerprint density at radius 2 is 1.76 bits per heavy atom. The van der Waals surface area contributed by atoms with Crippen molar-refractivity contribution in [3.05, 3.63) is 34.9 Å². The molecule has 0 aliphatic rings. The first kappa shape index (κ1) is 21.3. The number of benzene rings is 1. The van der Waals surface area contributed by atoms with E-state index in [2.05, 4.69) is 24.1 Å². The number of hydrogen-bond donors (Lipinski definition) is 1. The van der Waals surface area contributed by atoms with E-state index in [9.17, 15) is 9.59 Å². The van der Waals surface area contributed by atoms with E-state index < -0.39 is 0 Å². The van der Waals surface area contributed by atoms with E-state index >= 15 is 0 Å². The lowest BCUT2D eigenvalue weighted by Crippen LogP contribution is -2.30. The van der Waals surface area contributed by atoms with Crippen molar-refractivity contribution in [3.8, 4) is 0 Å². The third-order valence-electron chi connectivity index (χ3n) is 4.42. The molecule has 5 nitrogen and oxygen atoms in total. The summed E-state index contributed by atoms with van der Waals surface area (Å²) in [7, 11) is 0. The molecule has 25 heavy (non-hydrogen) atoms. The normalized spacial score (nSPS) is 10.9. The average molecular weight is 348 g/mol. The summed E-state index contributed by atoms with van der Waals surface area (Å²) in [5, 5.41) is 2.80. The van der Waals surface area contributed by atoms with E-state index in [1.54, 1.807) is 0 Å². The SMILES string of the molecule is CCN(CC)CCOCCNC(=O)CCC(=O)c1ccc(C)c(C)c1. The summed E-state index contributed by atoms with van der Waals surface area (Å²) in [4.78, 5) is 26.2. The van der Waals surface area contributed by atoms with Crippen LogP contribution in [-0.2, 0) is 9.53 Å². The molecular formula is C20H32N2O3. The van der Waals surface area contributed by atoms with Crippen LogP contribution < -0.4 is 5.32 Å². The van der Waals surface area contributed by atoms with Gasteiger partial charge in [-0.3, -0.25) is 9.59 Å². The van der Waals surface area contributed by atoms with Crippen molar-refractivity contribution in [2.45, 2.75) is 40.5 Å². The fraction of sp³-hybridized carbons (Fsp3) is 0.600. The van der Waals surface area contributed by atoms with Crippen molar-refractivity contribution in [1.82, 2.24) is 10.2 Å². The van der Waals surface area contributed by atoms with Crippen LogP contribution in [0.4, 0.5) is 0 Å². The van der Waals surface area contributed by atoms with Crippen molar-refractivity contribution in [2.75, 3.05) is 39.4 Å². The van der Waals surface area contributed by atoms with Crippen LogP contribution in [-0.4, -0.2) is 56.0 Å². The second-order valence-electron chi connectivity index (χ2n) is 6.21. The molecule has 140 valence electrons. The zero-order chi connectivity index (χ0) is 18.7. The molecule has 1 N–H and O–H groups in total. The summed E-state index contributed by atoms with van der Waals surface area (Å²) in [5.41, 5.74) is 2.93. The van der Waals surface area contributed by atoms with Crippen LogP contribution in [0.2, 0.25) is 0 Å². The van der Waals surface area contributed by atoms with Crippen LogP contribution >= 0.6 is 0 Å². The average Bonchev–Trinajstić information content (AvgIpc) is 2.61. The minimum absolute atomic E-state index is 0.00808. The first-order valence-electron chi connectivity index (χ1n) is 9.15. The molecule has 0 saturated carbocycles. The van der Waals surface area contributed by atoms with Gasteiger partial charge < -0.3 is 15.0 Å². The van der Waals surface area contributed by atoms with E-state index in [1.165, 1.54) is 0 Å². The number of nitrogens with one attached hydrogen (secondary N) is 1. The van der Waals surface area contributed by atoms with Gasteiger partial charge in [0.15, 0.2) is 5.78 Å². The number of Topliss-reactive ketones (excluding diaryl/α,β-unsaturated/α-hetero) is 1. The highest BCUT2D eigenvalue weighted by Crippen LogP contribution is 2.12. The maximum Gasteiger partial charge on any atom is 0.220 e. The molecule has 0 heterocycles. The Balaban J connectivity index is 2.16. The van der Waals surface area contributed by atoms with Gasteiger partial charge in [-0.1, -0.05) is 26.0 Å². The molecular weight excluding hydrogens is 316 g/mol. The predicted molar refractivity (Wildman–Crippen MR) is 101 cm³/mol. The Morgan fingerprint density at radius 3 is 2.40 bits per heavy atom. The van der Waals surface area contributed by atoms with E-state index in [1.807, 2.05) is 32.0 Å². The van der Waals surface area contributed by atoms with Crippen molar-refractivity contribution < 1.29 is 14.3 Å². The molecule has 0 bridgehead atoms. The summed E-state index contributed by atoms with van der Waals surface area (Å²) in [6, 6.07) is 5.66. The molecule has 0 aliphatic heterocycles. The maximum atomic E-state index is 12.1. The smallest absolute Gasteiger partial charge is 0.220 e. The Hall–Kier alpha value is -1.72. The minimum Gasteiger partial charge on any atom is -0.378 e. The summed E-state index contributed by atoms with van der Waals surface area (Å²) in [6.07, 6.45) is 0.447. The zero-order valence-electron chi connectivity index (χ0n) is 16.1. The third kappa shape index (κ3) is 8.27. The van der Waals surface area contributed by atoms with Gasteiger partial charge in [-0.2, -0.15) is 0 Å². The van der Waals surface area contributed by atoms with Crippen molar-refractivity contribution in [1.29, 1.82) is 0 Å². The highest BCUT2D eigenvalue weighted by atomic mass is 16.5. The molecule has 0 spiro atoms. The summed E-state index contributed by atoms with van der Waals surface area (Å²) in [5.74, 6) is -0.0988. The first-order valence-corrected chi connectivity index (χ1v) is 9.15.